The molecule has 1 amide bonds. The molecule has 0 aliphatic carbocycles. The molecule has 0 fully saturated rings. The summed E-state index contributed by atoms with van der Waals surface area (Å²) in [7, 11) is 0. The van der Waals surface area contributed by atoms with Crippen LogP contribution in [-0.4, -0.2) is 30.5 Å². The number of aromatic nitrogens is 5. The number of hydrogen-bond donors (Lipinski definition) is 1. The summed E-state index contributed by atoms with van der Waals surface area (Å²) in [5.74, 6) is -0.334. The quantitative estimate of drug-likeness (QED) is 0.574. The van der Waals surface area contributed by atoms with E-state index in [4.69, 9.17) is 11.6 Å². The number of anilines is 1. The Bertz CT molecular complexity index is 1250. The summed E-state index contributed by atoms with van der Waals surface area (Å²) in [6, 6.07) is 14.4. The second kappa shape index (κ2) is 7.24. The van der Waals surface area contributed by atoms with Gasteiger partial charge in [-0.1, -0.05) is 41.1 Å². The molecule has 140 valence electrons. The Morgan fingerprint density at radius 1 is 1.18 bits per heavy atom. The first-order valence-corrected chi connectivity index (χ1v) is 8.83. The molecule has 2 heterocycles. The molecule has 0 aliphatic rings. The van der Waals surface area contributed by atoms with Gasteiger partial charge in [-0.15, -0.1) is 5.10 Å². The van der Waals surface area contributed by atoms with E-state index in [1.165, 1.54) is 15.6 Å². The molecule has 0 unspecified atom stereocenters. The monoisotopic (exact) mass is 394 g/mol. The van der Waals surface area contributed by atoms with Crippen LogP contribution in [0.5, 0.6) is 0 Å². The van der Waals surface area contributed by atoms with E-state index in [0.717, 1.165) is 5.56 Å². The number of amides is 1. The van der Waals surface area contributed by atoms with E-state index < -0.39 is 5.56 Å². The molecule has 8 nitrogen and oxygen atoms in total. The number of carbonyl (C=O) groups is 1. The lowest BCUT2D eigenvalue weighted by Crippen LogP contribution is -2.28. The van der Waals surface area contributed by atoms with Crippen LogP contribution >= 0.6 is 11.6 Å². The fourth-order valence-electron chi connectivity index (χ4n) is 2.80. The van der Waals surface area contributed by atoms with Gasteiger partial charge in [-0.2, -0.15) is 4.68 Å². The Kier molecular flexibility index (Phi) is 4.62. The third kappa shape index (κ3) is 3.37. The van der Waals surface area contributed by atoms with E-state index in [9.17, 15) is 9.59 Å². The van der Waals surface area contributed by atoms with Gasteiger partial charge in [0, 0.05) is 10.7 Å². The van der Waals surface area contributed by atoms with Crippen LogP contribution in [-0.2, 0) is 11.3 Å². The molecule has 4 rings (SSSR count). The van der Waals surface area contributed by atoms with E-state index in [-0.39, 0.29) is 18.0 Å². The number of fused-ring (bicyclic) bond motifs is 1. The average Bonchev–Trinajstić information content (AvgIpc) is 3.11. The predicted octanol–water partition coefficient (Wildman–Crippen LogP) is 2.58. The first kappa shape index (κ1) is 17.9. The smallest absolute Gasteiger partial charge is 0.284 e. The maximum atomic E-state index is 12.7. The third-order valence-electron chi connectivity index (χ3n) is 4.22. The lowest BCUT2D eigenvalue weighted by atomic mass is 10.2. The van der Waals surface area contributed by atoms with Gasteiger partial charge in [0.15, 0.2) is 11.2 Å². The molecular formula is C19H15ClN6O2. The lowest BCUT2D eigenvalue weighted by Gasteiger charge is -2.09. The summed E-state index contributed by atoms with van der Waals surface area (Å²) in [5.41, 5.74) is 2.19. The highest BCUT2D eigenvalue weighted by Gasteiger charge is 2.15. The highest BCUT2D eigenvalue weighted by atomic mass is 35.5. The van der Waals surface area contributed by atoms with Crippen molar-refractivity contribution < 1.29 is 4.79 Å². The maximum absolute atomic E-state index is 12.7. The van der Waals surface area contributed by atoms with Gasteiger partial charge in [0.25, 0.3) is 5.56 Å². The summed E-state index contributed by atoms with van der Waals surface area (Å²) in [4.78, 5) is 29.3. The minimum absolute atomic E-state index is 0.0752. The fourth-order valence-corrected chi connectivity index (χ4v) is 2.98. The topological polar surface area (TPSA) is 94.7 Å². The first-order chi connectivity index (χ1) is 13.5. The second-order valence-electron chi connectivity index (χ2n) is 6.19. The zero-order valence-electron chi connectivity index (χ0n) is 14.8. The van der Waals surface area contributed by atoms with Crippen LogP contribution < -0.4 is 10.9 Å². The van der Waals surface area contributed by atoms with E-state index in [0.29, 0.717) is 22.0 Å². The molecule has 2 aromatic heterocycles. The van der Waals surface area contributed by atoms with Crippen LogP contribution in [0.15, 0.2) is 59.7 Å². The average molecular weight is 395 g/mol. The Hall–Kier alpha value is -3.52. The van der Waals surface area contributed by atoms with Gasteiger partial charge in [0.1, 0.15) is 12.9 Å². The molecule has 0 atom stereocenters. The van der Waals surface area contributed by atoms with Crippen LogP contribution in [0.25, 0.3) is 16.9 Å². The van der Waals surface area contributed by atoms with Crippen molar-refractivity contribution in [2.75, 3.05) is 5.32 Å². The van der Waals surface area contributed by atoms with Crippen LogP contribution in [0.1, 0.15) is 5.56 Å². The van der Waals surface area contributed by atoms with E-state index >= 15 is 0 Å². The highest BCUT2D eigenvalue weighted by Crippen LogP contribution is 2.16. The van der Waals surface area contributed by atoms with Gasteiger partial charge in [-0.05, 0) is 36.8 Å². The largest absolute Gasteiger partial charge is 0.324 e. The number of carbonyl (C=O) groups excluding carboxylic acids is 1. The van der Waals surface area contributed by atoms with Gasteiger partial charge >= 0.3 is 0 Å². The zero-order valence-corrected chi connectivity index (χ0v) is 15.6. The molecular weight excluding hydrogens is 380 g/mol. The summed E-state index contributed by atoms with van der Waals surface area (Å²) in [6.45, 7) is 1.71. The van der Waals surface area contributed by atoms with Gasteiger partial charge in [0.2, 0.25) is 5.91 Å². The van der Waals surface area contributed by atoms with Crippen LogP contribution in [0.4, 0.5) is 5.69 Å². The van der Waals surface area contributed by atoms with Gasteiger partial charge in [-0.25, -0.2) is 4.98 Å². The number of aryl methyl sites for hydroxylation is 1. The highest BCUT2D eigenvalue weighted by molar-refractivity contribution is 6.30. The minimum Gasteiger partial charge on any atom is -0.324 e. The van der Waals surface area contributed by atoms with Crippen molar-refractivity contribution in [2.45, 2.75) is 13.5 Å². The Balaban J connectivity index is 1.63. The third-order valence-corrected chi connectivity index (χ3v) is 4.45. The van der Waals surface area contributed by atoms with Crippen molar-refractivity contribution in [3.8, 4) is 5.69 Å². The molecule has 0 saturated carbocycles. The fraction of sp³-hybridized carbons (Fsp3) is 0.105. The molecule has 0 spiro atoms. The van der Waals surface area contributed by atoms with Crippen LogP contribution in [0.3, 0.4) is 0 Å². The van der Waals surface area contributed by atoms with Crippen LogP contribution in [0, 0.1) is 6.92 Å². The summed E-state index contributed by atoms with van der Waals surface area (Å²) in [5, 5.41) is 11.3. The van der Waals surface area contributed by atoms with Crippen molar-refractivity contribution >= 4 is 34.4 Å². The SMILES string of the molecule is Cc1ccccc1NC(=O)Cn1cnc2c(nnn2-c2cccc(Cl)c2)c1=O. The number of benzene rings is 2. The van der Waals surface area contributed by atoms with Crippen molar-refractivity contribution in [1.29, 1.82) is 0 Å². The standard InChI is InChI=1S/C19H15ClN6O2/c1-12-5-2-3-8-15(12)22-16(27)10-25-11-21-18-17(19(25)28)23-24-26(18)14-7-4-6-13(20)9-14/h2-9,11H,10H2,1H3,(H,22,27). The minimum atomic E-state index is -0.446. The van der Waals surface area contributed by atoms with Gasteiger partial charge in [0.05, 0.1) is 5.69 Å². The number of nitrogens with zero attached hydrogens (tertiary/aromatic N) is 5. The van der Waals surface area contributed by atoms with E-state index in [2.05, 4.69) is 20.6 Å². The summed E-state index contributed by atoms with van der Waals surface area (Å²) in [6.07, 6.45) is 1.31. The molecule has 0 radical (unpaired) electrons. The number of hydrogen-bond acceptors (Lipinski definition) is 5. The van der Waals surface area contributed by atoms with E-state index in [1.807, 2.05) is 25.1 Å². The number of nitrogens with one attached hydrogen (secondary N) is 1. The number of halogens is 1. The number of rotatable bonds is 4. The van der Waals surface area contributed by atoms with Gasteiger partial charge in [-0.3, -0.25) is 14.2 Å². The normalized spacial score (nSPS) is 10.9. The molecule has 0 aliphatic heterocycles. The summed E-state index contributed by atoms with van der Waals surface area (Å²) >= 11 is 6.01. The Labute approximate surface area is 164 Å². The lowest BCUT2D eigenvalue weighted by molar-refractivity contribution is -0.116. The molecule has 1 N–H and O–H groups in total. The Morgan fingerprint density at radius 3 is 2.79 bits per heavy atom. The summed E-state index contributed by atoms with van der Waals surface area (Å²) < 4.78 is 2.63. The van der Waals surface area contributed by atoms with Crippen molar-refractivity contribution in [1.82, 2.24) is 24.5 Å². The van der Waals surface area contributed by atoms with Crippen molar-refractivity contribution in [2.24, 2.45) is 0 Å². The van der Waals surface area contributed by atoms with Crippen LogP contribution in [0.2, 0.25) is 5.02 Å². The Morgan fingerprint density at radius 2 is 2.00 bits per heavy atom. The predicted molar refractivity (Wildman–Crippen MR) is 106 cm³/mol. The molecule has 2 aromatic carbocycles. The second-order valence-corrected chi connectivity index (χ2v) is 6.63. The molecule has 0 bridgehead atoms. The van der Waals surface area contributed by atoms with Crippen molar-refractivity contribution in [3.05, 3.63) is 75.8 Å². The molecule has 28 heavy (non-hydrogen) atoms. The molecule has 4 aromatic rings. The van der Waals surface area contributed by atoms with Crippen molar-refractivity contribution in [3.63, 3.8) is 0 Å². The zero-order chi connectivity index (χ0) is 19.7. The maximum Gasteiger partial charge on any atom is 0.284 e. The molecule has 0 saturated heterocycles. The first-order valence-electron chi connectivity index (χ1n) is 8.45. The molecule has 9 heteroatoms. The van der Waals surface area contributed by atoms with Gasteiger partial charge < -0.3 is 5.32 Å². The van der Waals surface area contributed by atoms with E-state index in [1.54, 1.807) is 30.3 Å². The number of para-hydroxylation sites is 1.